The summed E-state index contributed by atoms with van der Waals surface area (Å²) >= 11 is 3.43. The maximum Gasteiger partial charge on any atom is 0.242 e. The number of hydrogen-bond donors (Lipinski definition) is 1. The Morgan fingerprint density at radius 3 is 2.60 bits per heavy atom. The monoisotopic (exact) mass is 364 g/mol. The van der Waals surface area contributed by atoms with Gasteiger partial charge in [-0.1, -0.05) is 28.1 Å². The molecule has 0 aliphatic heterocycles. The van der Waals surface area contributed by atoms with Gasteiger partial charge in [-0.05, 0) is 31.5 Å². The van der Waals surface area contributed by atoms with E-state index >= 15 is 0 Å². The van der Waals surface area contributed by atoms with E-state index in [9.17, 15) is 4.79 Å². The quantitative estimate of drug-likeness (QED) is 0.843. The van der Waals surface area contributed by atoms with Gasteiger partial charge in [-0.25, -0.2) is 0 Å². The van der Waals surface area contributed by atoms with Gasteiger partial charge in [-0.2, -0.15) is 0 Å². The number of nitrogens with zero attached hydrogens (tertiary/aromatic N) is 1. The number of benzene rings is 1. The molecule has 6 heteroatoms. The lowest BCUT2D eigenvalue weighted by Gasteiger charge is -2.29. The third kappa shape index (κ3) is 5.79. The number of ether oxygens (including phenoxy) is 1. The summed E-state index contributed by atoms with van der Waals surface area (Å²) in [5.74, 6) is -0.0863. The number of halogens is 2. The van der Waals surface area contributed by atoms with Crippen molar-refractivity contribution >= 4 is 34.2 Å². The van der Waals surface area contributed by atoms with E-state index in [4.69, 9.17) is 10.5 Å². The maximum atomic E-state index is 12.3. The molecule has 0 saturated carbocycles. The molecule has 0 saturated heterocycles. The average Bonchev–Trinajstić information content (AvgIpc) is 2.35. The number of hydrogen-bond acceptors (Lipinski definition) is 3. The van der Waals surface area contributed by atoms with Gasteiger partial charge in [0.05, 0.1) is 6.61 Å². The Morgan fingerprint density at radius 2 is 2.10 bits per heavy atom. The Labute approximate surface area is 135 Å². The van der Waals surface area contributed by atoms with E-state index in [1.807, 2.05) is 38.1 Å². The summed E-state index contributed by atoms with van der Waals surface area (Å²) < 4.78 is 5.95. The molecule has 0 aromatic heterocycles. The van der Waals surface area contributed by atoms with Gasteiger partial charge < -0.3 is 15.4 Å². The van der Waals surface area contributed by atoms with Crippen molar-refractivity contribution < 1.29 is 9.53 Å². The second kappa shape index (κ2) is 9.34. The van der Waals surface area contributed by atoms with Gasteiger partial charge in [-0.15, -0.1) is 12.4 Å². The van der Waals surface area contributed by atoms with Crippen molar-refractivity contribution in [2.75, 3.05) is 13.7 Å². The lowest BCUT2D eigenvalue weighted by Crippen LogP contribution is -2.48. The molecule has 1 rings (SSSR count). The lowest BCUT2D eigenvalue weighted by molar-refractivity contribution is -0.136. The third-order valence-corrected chi connectivity index (χ3v) is 3.31. The molecule has 20 heavy (non-hydrogen) atoms. The highest BCUT2D eigenvalue weighted by molar-refractivity contribution is 9.10. The average molecular weight is 366 g/mol. The first-order chi connectivity index (χ1) is 8.95. The Morgan fingerprint density at radius 1 is 1.45 bits per heavy atom. The predicted octanol–water partition coefficient (Wildman–Crippen LogP) is 2.58. The van der Waals surface area contributed by atoms with Crippen LogP contribution in [0.25, 0.3) is 0 Å². The van der Waals surface area contributed by atoms with Crippen LogP contribution in [0, 0.1) is 0 Å². The fraction of sp³-hybridized carbons (Fsp3) is 0.500. The fourth-order valence-corrected chi connectivity index (χ4v) is 2.26. The van der Waals surface area contributed by atoms with Crippen LogP contribution in [0.1, 0.15) is 19.4 Å². The first-order valence-electron chi connectivity index (χ1n) is 6.25. The van der Waals surface area contributed by atoms with Crippen LogP contribution in [0.5, 0.6) is 0 Å². The van der Waals surface area contributed by atoms with Crippen molar-refractivity contribution in [3.05, 3.63) is 34.3 Å². The third-order valence-electron chi connectivity index (χ3n) is 2.81. The summed E-state index contributed by atoms with van der Waals surface area (Å²) in [6.07, 6.45) is 0. The molecule has 0 aliphatic carbocycles. The molecule has 0 bridgehead atoms. The van der Waals surface area contributed by atoms with E-state index in [-0.39, 0.29) is 31.0 Å². The zero-order chi connectivity index (χ0) is 14.4. The topological polar surface area (TPSA) is 55.6 Å². The van der Waals surface area contributed by atoms with Crippen LogP contribution in [0.4, 0.5) is 0 Å². The zero-order valence-electron chi connectivity index (χ0n) is 12.0. The smallest absolute Gasteiger partial charge is 0.242 e. The summed E-state index contributed by atoms with van der Waals surface area (Å²) in [5.41, 5.74) is 6.89. The Hall–Kier alpha value is -0.620. The van der Waals surface area contributed by atoms with Crippen LogP contribution < -0.4 is 5.73 Å². The van der Waals surface area contributed by atoms with Crippen LogP contribution in [0.3, 0.4) is 0 Å². The molecule has 0 radical (unpaired) electrons. The van der Waals surface area contributed by atoms with Crippen molar-refractivity contribution in [1.29, 1.82) is 0 Å². The Bertz CT molecular complexity index is 429. The van der Waals surface area contributed by atoms with E-state index in [0.717, 1.165) is 10.0 Å². The van der Waals surface area contributed by atoms with E-state index in [0.29, 0.717) is 6.54 Å². The van der Waals surface area contributed by atoms with Gasteiger partial charge in [0.15, 0.2) is 0 Å². The summed E-state index contributed by atoms with van der Waals surface area (Å²) in [4.78, 5) is 14.0. The molecular weight excluding hydrogens is 344 g/mol. The van der Waals surface area contributed by atoms with E-state index in [1.54, 1.807) is 12.0 Å². The first-order valence-corrected chi connectivity index (χ1v) is 7.04. The normalized spacial score (nSPS) is 11.9. The van der Waals surface area contributed by atoms with Gasteiger partial charge in [-0.3, -0.25) is 4.79 Å². The molecule has 0 fully saturated rings. The summed E-state index contributed by atoms with van der Waals surface area (Å²) in [6.45, 7) is 4.75. The molecular formula is C14H22BrClN2O2. The number of rotatable bonds is 6. The fourth-order valence-electron chi connectivity index (χ4n) is 1.81. The minimum Gasteiger partial charge on any atom is -0.383 e. The van der Waals surface area contributed by atoms with Gasteiger partial charge in [0.25, 0.3) is 0 Å². The van der Waals surface area contributed by atoms with Crippen molar-refractivity contribution in [2.24, 2.45) is 5.73 Å². The minimum absolute atomic E-state index is 0. The highest BCUT2D eigenvalue weighted by Crippen LogP contribution is 2.15. The molecule has 1 amide bonds. The maximum absolute atomic E-state index is 12.3. The van der Waals surface area contributed by atoms with E-state index < -0.39 is 6.04 Å². The van der Waals surface area contributed by atoms with Crippen LogP contribution in [0.15, 0.2) is 28.7 Å². The van der Waals surface area contributed by atoms with E-state index in [2.05, 4.69) is 15.9 Å². The number of nitrogens with two attached hydrogens (primary N) is 1. The van der Waals surface area contributed by atoms with Crippen molar-refractivity contribution in [3.63, 3.8) is 0 Å². The number of methoxy groups -OCH3 is 1. The molecule has 4 nitrogen and oxygen atoms in total. The molecule has 1 aromatic carbocycles. The second-order valence-electron chi connectivity index (χ2n) is 4.75. The van der Waals surface area contributed by atoms with E-state index in [1.165, 1.54) is 0 Å². The van der Waals surface area contributed by atoms with Crippen LogP contribution in [0.2, 0.25) is 0 Å². The van der Waals surface area contributed by atoms with Crippen LogP contribution >= 0.6 is 28.3 Å². The molecule has 2 N–H and O–H groups in total. The van der Waals surface area contributed by atoms with Gasteiger partial charge in [0, 0.05) is 24.2 Å². The summed E-state index contributed by atoms with van der Waals surface area (Å²) in [7, 11) is 1.54. The summed E-state index contributed by atoms with van der Waals surface area (Å²) in [6, 6.07) is 7.40. The van der Waals surface area contributed by atoms with Crippen LogP contribution in [-0.4, -0.2) is 36.6 Å². The Balaban J connectivity index is 0.00000361. The number of carbonyl (C=O) groups is 1. The highest BCUT2D eigenvalue weighted by atomic mass is 79.9. The van der Waals surface area contributed by atoms with Crippen molar-refractivity contribution in [1.82, 2.24) is 4.90 Å². The molecule has 0 heterocycles. The minimum atomic E-state index is -0.612. The molecule has 1 unspecified atom stereocenters. The highest BCUT2D eigenvalue weighted by Gasteiger charge is 2.23. The SMILES string of the molecule is COCC(N)C(=O)N(Cc1cccc(Br)c1)C(C)C.Cl. The van der Waals surface area contributed by atoms with Crippen molar-refractivity contribution in [3.8, 4) is 0 Å². The first kappa shape index (κ1) is 19.4. The lowest BCUT2D eigenvalue weighted by atomic mass is 10.1. The molecule has 0 aliphatic rings. The number of carbonyl (C=O) groups excluding carboxylic acids is 1. The van der Waals surface area contributed by atoms with Gasteiger partial charge >= 0.3 is 0 Å². The molecule has 1 atom stereocenters. The zero-order valence-corrected chi connectivity index (χ0v) is 14.4. The Kier molecular flexibility index (Phi) is 9.05. The molecule has 1 aromatic rings. The summed E-state index contributed by atoms with van der Waals surface area (Å²) in [5, 5.41) is 0. The molecule has 114 valence electrons. The number of amides is 1. The molecule has 0 spiro atoms. The largest absolute Gasteiger partial charge is 0.383 e. The predicted molar refractivity (Wildman–Crippen MR) is 86.9 cm³/mol. The van der Waals surface area contributed by atoms with Gasteiger partial charge in [0.2, 0.25) is 5.91 Å². The van der Waals surface area contributed by atoms with Crippen LogP contribution in [-0.2, 0) is 16.1 Å². The van der Waals surface area contributed by atoms with Crippen molar-refractivity contribution in [2.45, 2.75) is 32.5 Å². The standard InChI is InChI=1S/C14H21BrN2O2.ClH/c1-10(2)17(14(18)13(16)9-19-3)8-11-5-4-6-12(15)7-11;/h4-7,10,13H,8-9,16H2,1-3H3;1H. The second-order valence-corrected chi connectivity index (χ2v) is 5.67. The van der Waals surface area contributed by atoms with Gasteiger partial charge in [0.1, 0.15) is 6.04 Å².